The van der Waals surface area contributed by atoms with E-state index < -0.39 is 0 Å². The van der Waals surface area contributed by atoms with Gasteiger partial charge in [0.05, 0.1) is 10.2 Å². The Hall–Kier alpha value is -0.450. The van der Waals surface area contributed by atoms with Gasteiger partial charge in [0.2, 0.25) is 0 Å². The molecule has 17 heavy (non-hydrogen) atoms. The number of fused-ring (bicyclic) bond motifs is 1. The fraction of sp³-hybridized carbons (Fsp3) is 0.462. The van der Waals surface area contributed by atoms with Gasteiger partial charge in [-0.3, -0.25) is 0 Å². The van der Waals surface area contributed by atoms with Crippen molar-refractivity contribution in [1.82, 2.24) is 4.98 Å². The largest absolute Gasteiger partial charge is 0.327 e. The summed E-state index contributed by atoms with van der Waals surface area (Å²) >= 11 is 5.29. The Bertz CT molecular complexity index is 566. The average Bonchev–Trinajstić information content (AvgIpc) is 2.84. The van der Waals surface area contributed by atoms with Crippen LogP contribution in [0, 0.1) is 0 Å². The van der Waals surface area contributed by atoms with E-state index in [1.807, 2.05) is 6.07 Å². The molecule has 1 fully saturated rings. The molecule has 4 heteroatoms. The van der Waals surface area contributed by atoms with Crippen molar-refractivity contribution >= 4 is 37.5 Å². The van der Waals surface area contributed by atoms with Gasteiger partial charge in [0.15, 0.2) is 0 Å². The van der Waals surface area contributed by atoms with Gasteiger partial charge in [0, 0.05) is 15.9 Å². The van der Waals surface area contributed by atoms with E-state index in [0.717, 1.165) is 22.8 Å². The molecule has 0 aliphatic heterocycles. The molecule has 2 nitrogen and oxygen atoms in total. The van der Waals surface area contributed by atoms with Crippen LogP contribution in [0.4, 0.5) is 0 Å². The highest BCUT2D eigenvalue weighted by molar-refractivity contribution is 9.10. The van der Waals surface area contributed by atoms with Gasteiger partial charge in [-0.2, -0.15) is 0 Å². The van der Waals surface area contributed by atoms with Crippen LogP contribution in [0.5, 0.6) is 0 Å². The molecule has 3 rings (SSSR count). The van der Waals surface area contributed by atoms with E-state index in [-0.39, 0.29) is 11.5 Å². The topological polar surface area (TPSA) is 38.9 Å². The SMILES string of the molecule is CC1(c2nc3ccc(Br)cc3s2)CCCC1N. The molecule has 2 aromatic rings. The number of benzene rings is 1. The molecular weight excluding hydrogens is 296 g/mol. The fourth-order valence-corrected chi connectivity index (χ4v) is 4.36. The van der Waals surface area contributed by atoms with Crippen LogP contribution in [0.2, 0.25) is 0 Å². The lowest BCUT2D eigenvalue weighted by molar-refractivity contribution is 0.428. The zero-order valence-corrected chi connectivity index (χ0v) is 12.1. The first kappa shape index (κ1) is 11.6. The van der Waals surface area contributed by atoms with Crippen molar-refractivity contribution in [3.05, 3.63) is 27.7 Å². The van der Waals surface area contributed by atoms with Crippen LogP contribution in [-0.2, 0) is 5.41 Å². The maximum Gasteiger partial charge on any atom is 0.101 e. The van der Waals surface area contributed by atoms with E-state index in [9.17, 15) is 0 Å². The van der Waals surface area contributed by atoms with Crippen molar-refractivity contribution in [2.24, 2.45) is 5.73 Å². The molecule has 1 saturated carbocycles. The summed E-state index contributed by atoms with van der Waals surface area (Å²) in [4.78, 5) is 4.78. The van der Waals surface area contributed by atoms with Gasteiger partial charge in [-0.15, -0.1) is 11.3 Å². The minimum Gasteiger partial charge on any atom is -0.327 e. The summed E-state index contributed by atoms with van der Waals surface area (Å²) in [6.07, 6.45) is 3.50. The number of aromatic nitrogens is 1. The molecule has 0 spiro atoms. The summed E-state index contributed by atoms with van der Waals surface area (Å²) < 4.78 is 2.36. The van der Waals surface area contributed by atoms with Crippen molar-refractivity contribution in [3.8, 4) is 0 Å². The summed E-state index contributed by atoms with van der Waals surface area (Å²) in [6.45, 7) is 2.26. The van der Waals surface area contributed by atoms with Crippen LogP contribution in [0.3, 0.4) is 0 Å². The Kier molecular flexibility index (Phi) is 2.76. The molecule has 1 aliphatic rings. The van der Waals surface area contributed by atoms with Crippen LogP contribution in [0.15, 0.2) is 22.7 Å². The second kappa shape index (κ2) is 4.04. The first-order valence-corrected chi connectivity index (χ1v) is 7.53. The first-order chi connectivity index (χ1) is 8.09. The molecule has 0 amide bonds. The molecule has 90 valence electrons. The minimum absolute atomic E-state index is 0.0795. The lowest BCUT2D eigenvalue weighted by Gasteiger charge is -2.26. The predicted molar refractivity (Wildman–Crippen MR) is 76.5 cm³/mol. The highest BCUT2D eigenvalue weighted by Crippen LogP contribution is 2.43. The predicted octanol–water partition coefficient (Wildman–Crippen LogP) is 3.83. The van der Waals surface area contributed by atoms with Gasteiger partial charge >= 0.3 is 0 Å². The van der Waals surface area contributed by atoms with Crippen molar-refractivity contribution < 1.29 is 0 Å². The molecule has 1 aliphatic carbocycles. The highest BCUT2D eigenvalue weighted by atomic mass is 79.9. The van der Waals surface area contributed by atoms with Crippen LogP contribution >= 0.6 is 27.3 Å². The average molecular weight is 311 g/mol. The van der Waals surface area contributed by atoms with Gasteiger partial charge in [0.1, 0.15) is 5.01 Å². The molecule has 2 N–H and O–H groups in total. The molecule has 2 unspecified atom stereocenters. The van der Waals surface area contributed by atoms with Crippen molar-refractivity contribution in [1.29, 1.82) is 0 Å². The summed E-state index contributed by atoms with van der Waals surface area (Å²) in [5, 5.41) is 1.20. The highest BCUT2D eigenvalue weighted by Gasteiger charge is 2.40. The van der Waals surface area contributed by atoms with Crippen molar-refractivity contribution in [3.63, 3.8) is 0 Å². The second-order valence-corrected chi connectivity index (χ2v) is 6.99. The number of nitrogens with zero attached hydrogens (tertiary/aromatic N) is 1. The van der Waals surface area contributed by atoms with E-state index in [2.05, 4.69) is 35.0 Å². The Labute approximate surface area is 113 Å². The molecule has 0 radical (unpaired) electrons. The molecular formula is C13H15BrN2S. The smallest absolute Gasteiger partial charge is 0.101 e. The minimum atomic E-state index is 0.0795. The van der Waals surface area contributed by atoms with Crippen LogP contribution in [-0.4, -0.2) is 11.0 Å². The Morgan fingerprint density at radius 1 is 1.53 bits per heavy atom. The van der Waals surface area contributed by atoms with Crippen LogP contribution in [0.1, 0.15) is 31.2 Å². The van der Waals surface area contributed by atoms with Crippen LogP contribution < -0.4 is 5.73 Å². The Morgan fingerprint density at radius 2 is 2.35 bits per heavy atom. The lowest BCUT2D eigenvalue weighted by Crippen LogP contribution is -2.38. The number of hydrogen-bond acceptors (Lipinski definition) is 3. The van der Waals surface area contributed by atoms with Crippen LogP contribution in [0.25, 0.3) is 10.2 Å². The van der Waals surface area contributed by atoms with Gasteiger partial charge in [-0.25, -0.2) is 4.98 Å². The number of rotatable bonds is 1. The maximum atomic E-state index is 6.25. The summed E-state index contributed by atoms with van der Waals surface area (Å²) in [6, 6.07) is 6.51. The molecule has 1 aromatic carbocycles. The van der Waals surface area contributed by atoms with E-state index in [1.165, 1.54) is 16.1 Å². The Balaban J connectivity index is 2.12. The van der Waals surface area contributed by atoms with Gasteiger partial charge in [0.25, 0.3) is 0 Å². The maximum absolute atomic E-state index is 6.25. The molecule has 2 atom stereocenters. The summed E-state index contributed by atoms with van der Waals surface area (Å²) in [5.74, 6) is 0. The standard InChI is InChI=1S/C13H15BrN2S/c1-13(6-2-3-11(13)15)12-16-9-5-4-8(14)7-10(9)17-12/h4-5,7,11H,2-3,6,15H2,1H3. The monoisotopic (exact) mass is 310 g/mol. The van der Waals surface area contributed by atoms with Gasteiger partial charge < -0.3 is 5.73 Å². The van der Waals surface area contributed by atoms with Gasteiger partial charge in [-0.05, 0) is 31.0 Å². The molecule has 0 saturated heterocycles. The van der Waals surface area contributed by atoms with E-state index in [4.69, 9.17) is 10.7 Å². The Morgan fingerprint density at radius 3 is 3.06 bits per heavy atom. The van der Waals surface area contributed by atoms with Crippen molar-refractivity contribution in [2.45, 2.75) is 37.6 Å². The van der Waals surface area contributed by atoms with Crippen molar-refractivity contribution in [2.75, 3.05) is 0 Å². The number of hydrogen-bond donors (Lipinski definition) is 1. The van der Waals surface area contributed by atoms with Gasteiger partial charge in [-0.1, -0.05) is 29.3 Å². The number of nitrogens with two attached hydrogens (primary N) is 1. The van der Waals surface area contributed by atoms with E-state index >= 15 is 0 Å². The first-order valence-electron chi connectivity index (χ1n) is 5.92. The zero-order chi connectivity index (χ0) is 12.0. The number of halogens is 1. The zero-order valence-electron chi connectivity index (χ0n) is 9.74. The van der Waals surface area contributed by atoms with E-state index in [0.29, 0.717) is 0 Å². The third kappa shape index (κ3) is 1.83. The molecule has 1 aromatic heterocycles. The lowest BCUT2D eigenvalue weighted by atomic mass is 9.86. The molecule has 1 heterocycles. The second-order valence-electron chi connectivity index (χ2n) is 5.05. The molecule has 0 bridgehead atoms. The fourth-order valence-electron chi connectivity index (χ4n) is 2.60. The third-order valence-electron chi connectivity index (χ3n) is 3.87. The quantitative estimate of drug-likeness (QED) is 0.869. The van der Waals surface area contributed by atoms with E-state index in [1.54, 1.807) is 11.3 Å². The third-order valence-corrected chi connectivity index (χ3v) is 5.66. The summed E-state index contributed by atoms with van der Waals surface area (Å²) in [7, 11) is 0. The number of thiazole rings is 1. The normalized spacial score (nSPS) is 29.0. The summed E-state index contributed by atoms with van der Waals surface area (Å²) in [5.41, 5.74) is 7.43.